The van der Waals surface area contributed by atoms with Gasteiger partial charge in [-0.2, -0.15) is 0 Å². The molecule has 8 heteroatoms. The number of benzene rings is 2. The van der Waals surface area contributed by atoms with Crippen molar-refractivity contribution in [1.82, 2.24) is 19.9 Å². The number of nitrogens with two attached hydrogens (primary N) is 1. The third kappa shape index (κ3) is 4.82. The lowest BCUT2D eigenvalue weighted by Gasteiger charge is -2.26. The first-order valence-electron chi connectivity index (χ1n) is 10.3. The summed E-state index contributed by atoms with van der Waals surface area (Å²) in [6, 6.07) is 16.8. The van der Waals surface area contributed by atoms with Crippen LogP contribution in [0, 0.1) is 0 Å². The lowest BCUT2D eigenvalue weighted by atomic mass is 10.1. The molecule has 5 rings (SSSR count). The zero-order valence-electron chi connectivity index (χ0n) is 17.1. The average Bonchev–Trinajstić information content (AvgIpc) is 3.21. The Hall–Kier alpha value is -3.07. The molecular weight excluding hydrogens is 408 g/mol. The van der Waals surface area contributed by atoms with Crippen molar-refractivity contribution in [2.24, 2.45) is 0 Å². The van der Waals surface area contributed by atoms with Crippen LogP contribution in [0.5, 0.6) is 0 Å². The molecule has 7 nitrogen and oxygen atoms in total. The Morgan fingerprint density at radius 2 is 1.81 bits per heavy atom. The van der Waals surface area contributed by atoms with Gasteiger partial charge in [0, 0.05) is 37.9 Å². The number of aromatic nitrogens is 3. The number of ether oxygens (including phenoxy) is 1. The van der Waals surface area contributed by atoms with Crippen LogP contribution in [0.3, 0.4) is 0 Å². The summed E-state index contributed by atoms with van der Waals surface area (Å²) in [6.07, 6.45) is 1.67. The SMILES string of the molecule is Nc1nccc(-c2ccc3nc(NCc4ccc(CN5CCOCC5)cc4)sc3c2)n1. The first-order chi connectivity index (χ1) is 15.2. The molecule has 1 aliphatic heterocycles. The topological polar surface area (TPSA) is 89.2 Å². The fourth-order valence-corrected chi connectivity index (χ4v) is 4.55. The Labute approximate surface area is 184 Å². The van der Waals surface area contributed by atoms with Gasteiger partial charge in [-0.3, -0.25) is 4.90 Å². The van der Waals surface area contributed by atoms with E-state index in [1.165, 1.54) is 11.1 Å². The van der Waals surface area contributed by atoms with Gasteiger partial charge in [-0.05, 0) is 29.3 Å². The van der Waals surface area contributed by atoms with Crippen molar-refractivity contribution in [3.8, 4) is 11.3 Å². The molecule has 158 valence electrons. The predicted molar refractivity (Wildman–Crippen MR) is 125 cm³/mol. The Balaban J connectivity index is 1.23. The molecule has 0 spiro atoms. The van der Waals surface area contributed by atoms with E-state index in [0.717, 1.165) is 66.0 Å². The Bertz CT molecular complexity index is 1170. The molecule has 2 aromatic heterocycles. The number of fused-ring (bicyclic) bond motifs is 1. The highest BCUT2D eigenvalue weighted by Crippen LogP contribution is 2.30. The third-order valence-corrected chi connectivity index (χ3v) is 6.31. The molecule has 0 amide bonds. The summed E-state index contributed by atoms with van der Waals surface area (Å²) < 4.78 is 6.53. The molecule has 0 bridgehead atoms. The highest BCUT2D eigenvalue weighted by molar-refractivity contribution is 7.22. The van der Waals surface area contributed by atoms with E-state index in [1.54, 1.807) is 17.5 Å². The number of morpholine rings is 1. The van der Waals surface area contributed by atoms with Crippen LogP contribution in [0.15, 0.2) is 54.7 Å². The van der Waals surface area contributed by atoms with Crippen LogP contribution >= 0.6 is 11.3 Å². The molecule has 0 aliphatic carbocycles. The number of thiazole rings is 1. The van der Waals surface area contributed by atoms with Crippen molar-refractivity contribution in [2.45, 2.75) is 13.1 Å². The van der Waals surface area contributed by atoms with E-state index in [4.69, 9.17) is 15.5 Å². The Kier molecular flexibility index (Phi) is 5.75. The second-order valence-corrected chi connectivity index (χ2v) is 8.59. The fourth-order valence-electron chi connectivity index (χ4n) is 3.65. The number of anilines is 2. The smallest absolute Gasteiger partial charge is 0.220 e. The maximum absolute atomic E-state index is 5.71. The number of hydrogen-bond donors (Lipinski definition) is 2. The van der Waals surface area contributed by atoms with Crippen LogP contribution in [-0.2, 0) is 17.8 Å². The van der Waals surface area contributed by atoms with Gasteiger partial charge in [0.25, 0.3) is 0 Å². The summed E-state index contributed by atoms with van der Waals surface area (Å²) in [5.74, 6) is 0.278. The lowest BCUT2D eigenvalue weighted by molar-refractivity contribution is 0.0342. The minimum atomic E-state index is 0.278. The molecule has 0 saturated carbocycles. The summed E-state index contributed by atoms with van der Waals surface area (Å²) in [5.41, 5.74) is 11.1. The van der Waals surface area contributed by atoms with Crippen molar-refractivity contribution in [1.29, 1.82) is 0 Å². The van der Waals surface area contributed by atoms with Crippen LogP contribution < -0.4 is 11.1 Å². The molecule has 31 heavy (non-hydrogen) atoms. The average molecular weight is 433 g/mol. The normalized spacial score (nSPS) is 14.7. The molecule has 4 aromatic rings. The van der Waals surface area contributed by atoms with E-state index in [2.05, 4.69) is 50.5 Å². The lowest BCUT2D eigenvalue weighted by Crippen LogP contribution is -2.35. The fraction of sp³-hybridized carbons (Fsp3) is 0.261. The van der Waals surface area contributed by atoms with E-state index < -0.39 is 0 Å². The zero-order chi connectivity index (χ0) is 21.0. The van der Waals surface area contributed by atoms with E-state index in [9.17, 15) is 0 Å². The molecule has 0 unspecified atom stereocenters. The van der Waals surface area contributed by atoms with E-state index in [0.29, 0.717) is 0 Å². The van der Waals surface area contributed by atoms with Crippen molar-refractivity contribution in [2.75, 3.05) is 37.4 Å². The van der Waals surface area contributed by atoms with Crippen molar-refractivity contribution in [3.63, 3.8) is 0 Å². The van der Waals surface area contributed by atoms with Crippen molar-refractivity contribution >= 4 is 32.6 Å². The van der Waals surface area contributed by atoms with E-state index in [1.807, 2.05) is 18.2 Å². The summed E-state index contributed by atoms with van der Waals surface area (Å²) in [7, 11) is 0. The molecule has 3 N–H and O–H groups in total. The highest BCUT2D eigenvalue weighted by Gasteiger charge is 2.11. The standard InChI is InChI=1S/C23H24N6OS/c24-22-25-8-7-19(27-22)18-5-6-20-21(13-18)31-23(28-20)26-14-16-1-3-17(4-2-16)15-29-9-11-30-12-10-29/h1-8,13H,9-12,14-15H2,(H,26,28)(H2,24,25,27). The van der Waals surface area contributed by atoms with Crippen LogP contribution in [0.25, 0.3) is 21.5 Å². The number of nitrogens with one attached hydrogen (secondary N) is 1. The minimum absolute atomic E-state index is 0.278. The van der Waals surface area contributed by atoms with E-state index in [-0.39, 0.29) is 5.95 Å². The third-order valence-electron chi connectivity index (χ3n) is 5.34. The van der Waals surface area contributed by atoms with Gasteiger partial charge in [0.05, 0.1) is 29.1 Å². The largest absolute Gasteiger partial charge is 0.379 e. The number of hydrogen-bond acceptors (Lipinski definition) is 8. The maximum atomic E-state index is 5.71. The molecule has 0 atom stereocenters. The Morgan fingerprint density at radius 3 is 2.61 bits per heavy atom. The van der Waals surface area contributed by atoms with Crippen LogP contribution in [0.2, 0.25) is 0 Å². The van der Waals surface area contributed by atoms with Gasteiger partial charge in [-0.15, -0.1) is 0 Å². The van der Waals surface area contributed by atoms with E-state index >= 15 is 0 Å². The predicted octanol–water partition coefficient (Wildman–Crippen LogP) is 3.78. The first-order valence-corrected chi connectivity index (χ1v) is 11.2. The van der Waals surface area contributed by atoms with Gasteiger partial charge in [0.2, 0.25) is 5.95 Å². The second-order valence-electron chi connectivity index (χ2n) is 7.56. The van der Waals surface area contributed by atoms with Gasteiger partial charge in [-0.1, -0.05) is 41.7 Å². The molecule has 1 saturated heterocycles. The molecule has 1 fully saturated rings. The molecule has 2 aromatic carbocycles. The van der Waals surface area contributed by atoms with Crippen LogP contribution in [0.4, 0.5) is 11.1 Å². The van der Waals surface area contributed by atoms with Gasteiger partial charge in [-0.25, -0.2) is 15.0 Å². The van der Waals surface area contributed by atoms with Crippen LogP contribution in [0.1, 0.15) is 11.1 Å². The summed E-state index contributed by atoms with van der Waals surface area (Å²) in [6.45, 7) is 5.40. The molecular formula is C23H24N6OS. The number of nitrogens with zero attached hydrogens (tertiary/aromatic N) is 4. The molecule has 1 aliphatic rings. The number of nitrogen functional groups attached to an aromatic ring is 1. The van der Waals surface area contributed by atoms with Gasteiger partial charge in [0.1, 0.15) is 0 Å². The first kappa shape index (κ1) is 19.9. The quantitative estimate of drug-likeness (QED) is 0.479. The van der Waals surface area contributed by atoms with Crippen molar-refractivity contribution < 1.29 is 4.74 Å². The summed E-state index contributed by atoms with van der Waals surface area (Å²) >= 11 is 1.64. The maximum Gasteiger partial charge on any atom is 0.220 e. The zero-order valence-corrected chi connectivity index (χ0v) is 17.9. The highest BCUT2D eigenvalue weighted by atomic mass is 32.1. The Morgan fingerprint density at radius 1 is 1.00 bits per heavy atom. The molecule has 0 radical (unpaired) electrons. The summed E-state index contributed by atoms with van der Waals surface area (Å²) in [5, 5.41) is 4.36. The van der Waals surface area contributed by atoms with Gasteiger partial charge in [0.15, 0.2) is 5.13 Å². The monoisotopic (exact) mass is 432 g/mol. The minimum Gasteiger partial charge on any atom is -0.379 e. The number of rotatable bonds is 6. The summed E-state index contributed by atoms with van der Waals surface area (Å²) in [4.78, 5) is 15.4. The second kappa shape index (κ2) is 8.97. The molecule has 3 heterocycles. The van der Waals surface area contributed by atoms with Crippen LogP contribution in [-0.4, -0.2) is 46.2 Å². The van der Waals surface area contributed by atoms with Gasteiger partial charge >= 0.3 is 0 Å². The van der Waals surface area contributed by atoms with Crippen molar-refractivity contribution in [3.05, 3.63) is 65.9 Å². The van der Waals surface area contributed by atoms with Gasteiger partial charge < -0.3 is 15.8 Å².